The number of nitrogens with two attached hydrogens (primary N) is 1. The molecule has 1 aliphatic heterocycles. The molecule has 1 rings (SSSR count). The van der Waals surface area contributed by atoms with Crippen molar-refractivity contribution in [3.05, 3.63) is 0 Å². The molecule has 5 nitrogen and oxygen atoms in total. The van der Waals surface area contributed by atoms with E-state index in [0.29, 0.717) is 6.54 Å². The minimum Gasteiger partial charge on any atom is -0.409 e. The molecule has 2 unspecified atom stereocenters. The second-order valence-electron chi connectivity index (χ2n) is 4.52. The van der Waals surface area contributed by atoms with Gasteiger partial charge in [-0.15, -0.1) is 0 Å². The molecular formula is C10H21N3O2. The maximum Gasteiger partial charge on any atom is 0.156 e. The number of nitrogens with zero attached hydrogens (tertiary/aromatic N) is 2. The first-order valence-electron chi connectivity index (χ1n) is 5.44. The fourth-order valence-corrected chi connectivity index (χ4v) is 2.25. The van der Waals surface area contributed by atoms with Crippen LogP contribution in [0.1, 0.15) is 33.1 Å². The lowest BCUT2D eigenvalue weighted by Gasteiger charge is -2.40. The fraction of sp³-hybridized carbons (Fsp3) is 0.900. The summed E-state index contributed by atoms with van der Waals surface area (Å²) in [5, 5.41) is 21.7. The highest BCUT2D eigenvalue weighted by atomic mass is 16.4. The molecule has 0 saturated carbocycles. The topological polar surface area (TPSA) is 82.1 Å². The van der Waals surface area contributed by atoms with Gasteiger partial charge in [0.15, 0.2) is 5.84 Å². The summed E-state index contributed by atoms with van der Waals surface area (Å²) in [7, 11) is 0. The van der Waals surface area contributed by atoms with E-state index < -0.39 is 5.60 Å². The Morgan fingerprint density at radius 2 is 2.33 bits per heavy atom. The molecule has 0 spiro atoms. The van der Waals surface area contributed by atoms with Gasteiger partial charge >= 0.3 is 0 Å². The van der Waals surface area contributed by atoms with Gasteiger partial charge in [0.25, 0.3) is 0 Å². The number of hydrogen-bond donors (Lipinski definition) is 3. The number of oxime groups is 1. The van der Waals surface area contributed by atoms with Gasteiger partial charge in [0.1, 0.15) is 0 Å². The number of aliphatic hydroxyl groups is 1. The standard InChI is InChI=1S/C10H21N3O2/c1-3-8(9(11)12-15)13-6-4-5-10(2,14)7-13/h8,14-15H,3-7H2,1-2H3,(H2,11,12). The molecule has 2 atom stereocenters. The lowest BCUT2D eigenvalue weighted by molar-refractivity contribution is -0.0223. The first kappa shape index (κ1) is 12.3. The Hall–Kier alpha value is -0.810. The van der Waals surface area contributed by atoms with Gasteiger partial charge in [-0.25, -0.2) is 0 Å². The zero-order chi connectivity index (χ0) is 11.5. The van der Waals surface area contributed by atoms with Crippen LogP contribution in [-0.2, 0) is 0 Å². The monoisotopic (exact) mass is 215 g/mol. The SMILES string of the molecule is CCC(C(N)=NO)N1CCCC(C)(O)C1. The van der Waals surface area contributed by atoms with Gasteiger partial charge in [0.2, 0.25) is 0 Å². The van der Waals surface area contributed by atoms with Crippen molar-refractivity contribution in [3.63, 3.8) is 0 Å². The molecule has 15 heavy (non-hydrogen) atoms. The molecule has 1 saturated heterocycles. The Morgan fingerprint density at radius 3 is 2.80 bits per heavy atom. The highest BCUT2D eigenvalue weighted by molar-refractivity contribution is 5.85. The van der Waals surface area contributed by atoms with Crippen LogP contribution in [0.3, 0.4) is 0 Å². The number of amidine groups is 1. The predicted octanol–water partition coefficient (Wildman–Crippen LogP) is 0.358. The molecule has 1 aliphatic rings. The number of likely N-dealkylation sites (tertiary alicyclic amines) is 1. The number of piperidine rings is 1. The van der Waals surface area contributed by atoms with Crippen LogP contribution in [0.2, 0.25) is 0 Å². The summed E-state index contributed by atoms with van der Waals surface area (Å²) in [4.78, 5) is 2.08. The second-order valence-corrected chi connectivity index (χ2v) is 4.52. The number of rotatable bonds is 3. The summed E-state index contributed by atoms with van der Waals surface area (Å²) in [5.41, 5.74) is 4.97. The minimum absolute atomic E-state index is 0.0678. The molecule has 0 aromatic heterocycles. The Bertz CT molecular complexity index is 241. The van der Waals surface area contributed by atoms with Crippen molar-refractivity contribution < 1.29 is 10.3 Å². The predicted molar refractivity (Wildman–Crippen MR) is 58.9 cm³/mol. The first-order chi connectivity index (χ1) is 7.00. The van der Waals surface area contributed by atoms with Gasteiger partial charge in [-0.1, -0.05) is 12.1 Å². The second kappa shape index (κ2) is 4.81. The Balaban J connectivity index is 2.68. The molecule has 0 aliphatic carbocycles. The van der Waals surface area contributed by atoms with Gasteiger partial charge in [-0.3, -0.25) is 4.90 Å². The summed E-state index contributed by atoms with van der Waals surface area (Å²) in [6, 6.07) is -0.0678. The van der Waals surface area contributed by atoms with E-state index in [0.717, 1.165) is 25.8 Å². The van der Waals surface area contributed by atoms with Gasteiger partial charge < -0.3 is 16.0 Å². The third kappa shape index (κ3) is 3.07. The third-order valence-corrected chi connectivity index (χ3v) is 2.99. The zero-order valence-electron chi connectivity index (χ0n) is 9.48. The highest BCUT2D eigenvalue weighted by Gasteiger charge is 2.32. The smallest absolute Gasteiger partial charge is 0.156 e. The molecule has 5 heteroatoms. The number of hydrogen-bond acceptors (Lipinski definition) is 4. The van der Waals surface area contributed by atoms with E-state index in [2.05, 4.69) is 10.1 Å². The van der Waals surface area contributed by atoms with Crippen molar-refractivity contribution >= 4 is 5.84 Å². The molecule has 0 amide bonds. The largest absolute Gasteiger partial charge is 0.409 e. The van der Waals surface area contributed by atoms with Crippen LogP contribution in [-0.4, -0.2) is 45.8 Å². The Morgan fingerprint density at radius 1 is 1.67 bits per heavy atom. The lowest BCUT2D eigenvalue weighted by atomic mass is 9.93. The van der Waals surface area contributed by atoms with Crippen molar-refractivity contribution in [2.45, 2.75) is 44.8 Å². The van der Waals surface area contributed by atoms with Crippen molar-refractivity contribution in [1.29, 1.82) is 0 Å². The molecule has 88 valence electrons. The fourth-order valence-electron chi connectivity index (χ4n) is 2.25. The Kier molecular flexibility index (Phi) is 3.93. The van der Waals surface area contributed by atoms with Crippen LogP contribution in [0.5, 0.6) is 0 Å². The average Bonchev–Trinajstić information content (AvgIpc) is 2.17. The van der Waals surface area contributed by atoms with E-state index in [1.54, 1.807) is 0 Å². The van der Waals surface area contributed by atoms with E-state index in [1.165, 1.54) is 0 Å². The Labute approximate surface area is 90.6 Å². The van der Waals surface area contributed by atoms with E-state index in [1.807, 2.05) is 13.8 Å². The van der Waals surface area contributed by atoms with Crippen LogP contribution < -0.4 is 5.73 Å². The molecule has 4 N–H and O–H groups in total. The van der Waals surface area contributed by atoms with Crippen molar-refractivity contribution in [3.8, 4) is 0 Å². The van der Waals surface area contributed by atoms with Gasteiger partial charge in [-0.2, -0.15) is 0 Å². The maximum absolute atomic E-state index is 9.96. The summed E-state index contributed by atoms with van der Waals surface area (Å²) in [6.45, 7) is 5.30. The first-order valence-corrected chi connectivity index (χ1v) is 5.44. The van der Waals surface area contributed by atoms with Crippen LogP contribution in [0, 0.1) is 0 Å². The van der Waals surface area contributed by atoms with Crippen LogP contribution in [0.4, 0.5) is 0 Å². The molecular weight excluding hydrogens is 194 g/mol. The average molecular weight is 215 g/mol. The van der Waals surface area contributed by atoms with Gasteiger partial charge in [0.05, 0.1) is 11.6 Å². The number of β-amino-alcohol motifs (C(OH)–C–C–N with tert-alkyl or cyclic N) is 1. The van der Waals surface area contributed by atoms with E-state index in [4.69, 9.17) is 10.9 Å². The third-order valence-electron chi connectivity index (χ3n) is 2.99. The zero-order valence-corrected chi connectivity index (χ0v) is 9.48. The maximum atomic E-state index is 9.96. The molecule has 0 bridgehead atoms. The molecule has 1 fully saturated rings. The summed E-state index contributed by atoms with van der Waals surface area (Å²) >= 11 is 0. The quantitative estimate of drug-likeness (QED) is 0.275. The van der Waals surface area contributed by atoms with E-state index in [-0.39, 0.29) is 11.9 Å². The van der Waals surface area contributed by atoms with Crippen molar-refractivity contribution in [2.75, 3.05) is 13.1 Å². The summed E-state index contributed by atoms with van der Waals surface area (Å²) in [6.07, 6.45) is 2.55. The van der Waals surface area contributed by atoms with E-state index >= 15 is 0 Å². The van der Waals surface area contributed by atoms with Crippen LogP contribution in [0.15, 0.2) is 5.16 Å². The summed E-state index contributed by atoms with van der Waals surface area (Å²) in [5.74, 6) is 0.232. The summed E-state index contributed by atoms with van der Waals surface area (Å²) < 4.78 is 0. The van der Waals surface area contributed by atoms with Gasteiger partial charge in [-0.05, 0) is 32.7 Å². The van der Waals surface area contributed by atoms with E-state index in [9.17, 15) is 5.11 Å². The minimum atomic E-state index is -0.651. The molecule has 0 aromatic carbocycles. The van der Waals surface area contributed by atoms with Gasteiger partial charge in [0, 0.05) is 6.54 Å². The van der Waals surface area contributed by atoms with Crippen molar-refractivity contribution in [2.24, 2.45) is 10.9 Å². The highest BCUT2D eigenvalue weighted by Crippen LogP contribution is 2.22. The van der Waals surface area contributed by atoms with Crippen LogP contribution in [0.25, 0.3) is 0 Å². The molecule has 0 radical (unpaired) electrons. The van der Waals surface area contributed by atoms with Crippen LogP contribution >= 0.6 is 0 Å². The normalized spacial score (nSPS) is 31.5. The molecule has 1 heterocycles. The lowest BCUT2D eigenvalue weighted by Crippen LogP contribution is -2.54. The molecule has 0 aromatic rings. The van der Waals surface area contributed by atoms with Crippen molar-refractivity contribution in [1.82, 2.24) is 4.90 Å².